The minimum atomic E-state index is 0.0336. The average Bonchev–Trinajstić information content (AvgIpc) is 2.16. The molecule has 0 saturated carbocycles. The molecule has 1 amide bonds. The average molecular weight is 219 g/mol. The molecule has 1 atom stereocenters. The fraction of sp³-hybridized carbons (Fsp3) is 0.500. The molecule has 16 heavy (non-hydrogen) atoms. The van der Waals surface area contributed by atoms with E-state index in [4.69, 9.17) is 0 Å². The SMILES string of the molecule is Cc1ccccc1C(=O)N[C@H](C)CC(C)C. The molecule has 0 bridgehead atoms. The third kappa shape index (κ3) is 3.69. The zero-order chi connectivity index (χ0) is 12.1. The Kier molecular flexibility index (Phi) is 4.53. The summed E-state index contributed by atoms with van der Waals surface area (Å²) in [4.78, 5) is 11.9. The first kappa shape index (κ1) is 12.8. The third-order valence-electron chi connectivity index (χ3n) is 2.59. The Balaban J connectivity index is 2.63. The predicted molar refractivity (Wildman–Crippen MR) is 67.6 cm³/mol. The molecule has 0 spiro atoms. The van der Waals surface area contributed by atoms with Crippen molar-refractivity contribution >= 4 is 5.91 Å². The summed E-state index contributed by atoms with van der Waals surface area (Å²) >= 11 is 0. The Morgan fingerprint density at radius 3 is 2.44 bits per heavy atom. The molecule has 2 nitrogen and oxygen atoms in total. The number of carbonyl (C=O) groups is 1. The van der Waals surface area contributed by atoms with Crippen LogP contribution in [0.2, 0.25) is 0 Å². The second-order valence-electron chi connectivity index (χ2n) is 4.82. The molecular weight excluding hydrogens is 198 g/mol. The number of nitrogens with one attached hydrogen (secondary N) is 1. The molecule has 0 aliphatic rings. The van der Waals surface area contributed by atoms with Crippen LogP contribution in [0.15, 0.2) is 24.3 Å². The van der Waals surface area contributed by atoms with Gasteiger partial charge in [0.1, 0.15) is 0 Å². The van der Waals surface area contributed by atoms with Gasteiger partial charge in [-0.1, -0.05) is 32.0 Å². The highest BCUT2D eigenvalue weighted by molar-refractivity contribution is 5.95. The van der Waals surface area contributed by atoms with E-state index in [1.807, 2.05) is 31.2 Å². The molecule has 1 aromatic rings. The molecule has 0 saturated heterocycles. The number of hydrogen-bond donors (Lipinski definition) is 1. The topological polar surface area (TPSA) is 29.1 Å². The van der Waals surface area contributed by atoms with Gasteiger partial charge < -0.3 is 5.32 Å². The number of benzene rings is 1. The molecule has 2 heteroatoms. The fourth-order valence-corrected chi connectivity index (χ4v) is 1.90. The largest absolute Gasteiger partial charge is 0.350 e. The van der Waals surface area contributed by atoms with Crippen molar-refractivity contribution in [2.45, 2.75) is 40.2 Å². The maximum absolute atomic E-state index is 11.9. The summed E-state index contributed by atoms with van der Waals surface area (Å²) in [5.74, 6) is 0.637. The molecule has 0 aromatic heterocycles. The highest BCUT2D eigenvalue weighted by Crippen LogP contribution is 2.09. The molecular formula is C14H21NO. The number of amides is 1. The molecule has 0 aliphatic carbocycles. The van der Waals surface area contributed by atoms with Crippen molar-refractivity contribution in [2.75, 3.05) is 0 Å². The Labute approximate surface area is 98.1 Å². The standard InChI is InChI=1S/C14H21NO/c1-10(2)9-12(4)15-14(16)13-8-6-5-7-11(13)3/h5-8,10,12H,9H2,1-4H3,(H,15,16)/t12-/m1/s1. The van der Waals surface area contributed by atoms with Crippen LogP contribution >= 0.6 is 0 Å². The second kappa shape index (κ2) is 5.69. The van der Waals surface area contributed by atoms with Crippen molar-refractivity contribution < 1.29 is 4.79 Å². The van der Waals surface area contributed by atoms with Gasteiger partial charge in [-0.3, -0.25) is 4.79 Å². The lowest BCUT2D eigenvalue weighted by Gasteiger charge is -2.16. The molecule has 1 rings (SSSR count). The Morgan fingerprint density at radius 2 is 1.88 bits per heavy atom. The first-order chi connectivity index (χ1) is 7.50. The molecule has 0 fully saturated rings. The van der Waals surface area contributed by atoms with Crippen LogP contribution in [0.25, 0.3) is 0 Å². The van der Waals surface area contributed by atoms with Crippen LogP contribution in [0.3, 0.4) is 0 Å². The van der Waals surface area contributed by atoms with Crippen molar-refractivity contribution in [3.8, 4) is 0 Å². The van der Waals surface area contributed by atoms with Crippen LogP contribution in [0.4, 0.5) is 0 Å². The number of aryl methyl sites for hydroxylation is 1. The first-order valence-electron chi connectivity index (χ1n) is 5.87. The Morgan fingerprint density at radius 1 is 1.25 bits per heavy atom. The van der Waals surface area contributed by atoms with E-state index in [0.717, 1.165) is 17.5 Å². The van der Waals surface area contributed by atoms with E-state index in [-0.39, 0.29) is 11.9 Å². The Hall–Kier alpha value is -1.31. The van der Waals surface area contributed by atoms with Crippen LogP contribution in [0, 0.1) is 12.8 Å². The van der Waals surface area contributed by atoms with E-state index >= 15 is 0 Å². The predicted octanol–water partition coefficient (Wildman–Crippen LogP) is 3.16. The van der Waals surface area contributed by atoms with Gasteiger partial charge in [-0.25, -0.2) is 0 Å². The zero-order valence-corrected chi connectivity index (χ0v) is 10.6. The highest BCUT2D eigenvalue weighted by Gasteiger charge is 2.12. The van der Waals surface area contributed by atoms with Crippen LogP contribution < -0.4 is 5.32 Å². The normalized spacial score (nSPS) is 12.6. The minimum Gasteiger partial charge on any atom is -0.350 e. The molecule has 0 heterocycles. The minimum absolute atomic E-state index is 0.0336. The lowest BCUT2D eigenvalue weighted by molar-refractivity contribution is 0.0935. The summed E-state index contributed by atoms with van der Waals surface area (Å²) < 4.78 is 0. The van der Waals surface area contributed by atoms with Gasteiger partial charge in [-0.05, 0) is 37.8 Å². The Bertz CT molecular complexity index is 358. The van der Waals surface area contributed by atoms with Gasteiger partial charge in [0.15, 0.2) is 0 Å². The van der Waals surface area contributed by atoms with Crippen LogP contribution in [0.5, 0.6) is 0 Å². The van der Waals surface area contributed by atoms with Gasteiger partial charge in [0.25, 0.3) is 5.91 Å². The molecule has 0 unspecified atom stereocenters. The molecule has 1 N–H and O–H groups in total. The van der Waals surface area contributed by atoms with E-state index in [0.29, 0.717) is 5.92 Å². The summed E-state index contributed by atoms with van der Waals surface area (Å²) in [5.41, 5.74) is 1.80. The number of hydrogen-bond acceptors (Lipinski definition) is 1. The van der Waals surface area contributed by atoms with Crippen LogP contribution in [0.1, 0.15) is 43.1 Å². The third-order valence-corrected chi connectivity index (χ3v) is 2.59. The first-order valence-corrected chi connectivity index (χ1v) is 5.87. The van der Waals surface area contributed by atoms with Gasteiger partial charge >= 0.3 is 0 Å². The van der Waals surface area contributed by atoms with Crippen molar-refractivity contribution in [1.29, 1.82) is 0 Å². The van der Waals surface area contributed by atoms with Crippen LogP contribution in [-0.2, 0) is 0 Å². The number of carbonyl (C=O) groups excluding carboxylic acids is 1. The summed E-state index contributed by atoms with van der Waals surface area (Å²) in [7, 11) is 0. The smallest absolute Gasteiger partial charge is 0.251 e. The van der Waals surface area contributed by atoms with Crippen LogP contribution in [-0.4, -0.2) is 11.9 Å². The summed E-state index contributed by atoms with van der Waals surface area (Å²) in [6.07, 6.45) is 1.01. The zero-order valence-electron chi connectivity index (χ0n) is 10.6. The van der Waals surface area contributed by atoms with Gasteiger partial charge in [-0.15, -0.1) is 0 Å². The summed E-state index contributed by atoms with van der Waals surface area (Å²) in [5, 5.41) is 3.03. The lowest BCUT2D eigenvalue weighted by atomic mass is 10.0. The highest BCUT2D eigenvalue weighted by atomic mass is 16.1. The van der Waals surface area contributed by atoms with E-state index in [9.17, 15) is 4.79 Å². The van der Waals surface area contributed by atoms with E-state index < -0.39 is 0 Å². The lowest BCUT2D eigenvalue weighted by Crippen LogP contribution is -2.33. The van der Waals surface area contributed by atoms with Crippen molar-refractivity contribution in [3.63, 3.8) is 0 Å². The molecule has 0 aliphatic heterocycles. The quantitative estimate of drug-likeness (QED) is 0.828. The van der Waals surface area contributed by atoms with Gasteiger partial charge in [0.05, 0.1) is 0 Å². The van der Waals surface area contributed by atoms with Gasteiger partial charge in [0.2, 0.25) is 0 Å². The maximum atomic E-state index is 11.9. The summed E-state index contributed by atoms with van der Waals surface area (Å²) in [6, 6.07) is 7.90. The maximum Gasteiger partial charge on any atom is 0.251 e. The van der Waals surface area contributed by atoms with Gasteiger partial charge in [0, 0.05) is 11.6 Å². The monoisotopic (exact) mass is 219 g/mol. The fourth-order valence-electron chi connectivity index (χ4n) is 1.90. The van der Waals surface area contributed by atoms with Crippen molar-refractivity contribution in [2.24, 2.45) is 5.92 Å². The molecule has 1 aromatic carbocycles. The second-order valence-corrected chi connectivity index (χ2v) is 4.82. The number of rotatable bonds is 4. The molecule has 88 valence electrons. The van der Waals surface area contributed by atoms with E-state index in [1.54, 1.807) is 0 Å². The van der Waals surface area contributed by atoms with Crippen molar-refractivity contribution in [1.82, 2.24) is 5.32 Å². The summed E-state index contributed by atoms with van der Waals surface area (Å²) in [6.45, 7) is 8.34. The van der Waals surface area contributed by atoms with Crippen molar-refractivity contribution in [3.05, 3.63) is 35.4 Å². The van der Waals surface area contributed by atoms with Gasteiger partial charge in [-0.2, -0.15) is 0 Å². The van der Waals surface area contributed by atoms with E-state index in [2.05, 4.69) is 26.1 Å². The van der Waals surface area contributed by atoms with E-state index in [1.165, 1.54) is 0 Å². The molecule has 0 radical (unpaired) electrons.